The Morgan fingerprint density at radius 1 is 1.07 bits per heavy atom. The van der Waals surface area contributed by atoms with Crippen molar-refractivity contribution in [2.75, 3.05) is 0 Å². The Morgan fingerprint density at radius 2 is 1.62 bits per heavy atom. The Morgan fingerprint density at radius 3 is 2.10 bits per heavy atom. The van der Waals surface area contributed by atoms with E-state index in [0.717, 1.165) is 5.56 Å². The summed E-state index contributed by atoms with van der Waals surface area (Å²) in [5, 5.41) is 14.8. The summed E-state index contributed by atoms with van der Waals surface area (Å²) in [6.07, 6.45) is -5.96. The molecule has 0 saturated heterocycles. The van der Waals surface area contributed by atoms with Gasteiger partial charge in [-0.15, -0.1) is 0 Å². The smallest absolute Gasteiger partial charge is 0.362 e. The first-order valence-corrected chi connectivity index (χ1v) is 9.28. The molecular formula is C21H20ClF3N2O2. The topological polar surface area (TPSA) is 52.9 Å². The van der Waals surface area contributed by atoms with E-state index in [1.807, 2.05) is 20.8 Å². The molecule has 8 heteroatoms. The van der Waals surface area contributed by atoms with E-state index in [2.05, 4.69) is 5.10 Å². The molecule has 0 aliphatic carbocycles. The molecule has 0 fully saturated rings. The number of hydrogen-bond donors (Lipinski definition) is 1. The number of halogens is 4. The predicted molar refractivity (Wildman–Crippen MR) is 105 cm³/mol. The van der Waals surface area contributed by atoms with Gasteiger partial charge in [-0.25, -0.2) is 0 Å². The molecular weight excluding hydrogens is 405 g/mol. The zero-order valence-electron chi connectivity index (χ0n) is 16.1. The van der Waals surface area contributed by atoms with E-state index < -0.39 is 24.2 Å². The first kappa shape index (κ1) is 21.3. The minimum Gasteiger partial charge on any atom is -0.362 e. The van der Waals surface area contributed by atoms with Crippen molar-refractivity contribution in [3.8, 4) is 0 Å². The van der Waals surface area contributed by atoms with Gasteiger partial charge in [0.1, 0.15) is 0 Å². The number of hydrogen-bond acceptors (Lipinski definition) is 3. The van der Waals surface area contributed by atoms with Gasteiger partial charge < -0.3 is 5.11 Å². The highest BCUT2D eigenvalue weighted by atomic mass is 35.5. The summed E-state index contributed by atoms with van der Waals surface area (Å²) in [5.41, 5.74) is -2.39. The Bertz CT molecular complexity index is 948. The minimum absolute atomic E-state index is 0.00165. The van der Waals surface area contributed by atoms with Crippen LogP contribution in [0.15, 0.2) is 53.6 Å². The molecule has 1 atom stereocenters. The summed E-state index contributed by atoms with van der Waals surface area (Å²) in [4.78, 5) is 12.8. The quantitative estimate of drug-likeness (QED) is 0.725. The summed E-state index contributed by atoms with van der Waals surface area (Å²) in [7, 11) is 0. The second kappa shape index (κ2) is 7.15. The van der Waals surface area contributed by atoms with Crippen LogP contribution in [0.5, 0.6) is 0 Å². The van der Waals surface area contributed by atoms with Gasteiger partial charge in [-0.2, -0.15) is 23.3 Å². The number of carbonyl (C=O) groups excluding carboxylic acids is 1. The molecule has 29 heavy (non-hydrogen) atoms. The Kier molecular flexibility index (Phi) is 5.26. The molecule has 2 aromatic carbocycles. The molecule has 0 saturated carbocycles. The standard InChI is InChI=1S/C21H20ClF3N2O2/c1-19(2,3)15-8-4-14(5-9-15)18(28)27-20(29,21(23,24)25)12-17(26-27)13-6-10-16(22)11-7-13/h4-11,29H,12H2,1-3H3. The van der Waals surface area contributed by atoms with Gasteiger partial charge in [-0.3, -0.25) is 4.79 Å². The monoisotopic (exact) mass is 424 g/mol. The maximum Gasteiger partial charge on any atom is 0.438 e. The lowest BCUT2D eigenvalue weighted by Gasteiger charge is -2.32. The van der Waals surface area contributed by atoms with Crippen LogP contribution >= 0.6 is 11.6 Å². The fraction of sp³-hybridized carbons (Fsp3) is 0.333. The van der Waals surface area contributed by atoms with E-state index in [0.29, 0.717) is 10.6 Å². The van der Waals surface area contributed by atoms with Gasteiger partial charge in [0.15, 0.2) is 0 Å². The third-order valence-electron chi connectivity index (χ3n) is 4.81. The zero-order chi connectivity index (χ0) is 21.6. The number of rotatable bonds is 2. The molecule has 0 spiro atoms. The van der Waals surface area contributed by atoms with Gasteiger partial charge in [0.05, 0.1) is 12.1 Å². The lowest BCUT2D eigenvalue weighted by Crippen LogP contribution is -2.56. The highest BCUT2D eigenvalue weighted by Crippen LogP contribution is 2.42. The van der Waals surface area contributed by atoms with Crippen LogP contribution in [-0.2, 0) is 5.41 Å². The maximum absolute atomic E-state index is 13.7. The largest absolute Gasteiger partial charge is 0.438 e. The molecule has 1 N–H and O–H groups in total. The average molecular weight is 425 g/mol. The zero-order valence-corrected chi connectivity index (χ0v) is 16.8. The van der Waals surface area contributed by atoms with Crippen molar-refractivity contribution in [1.29, 1.82) is 0 Å². The molecule has 1 aliphatic heterocycles. The summed E-state index contributed by atoms with van der Waals surface area (Å²) in [5.74, 6) is -1.03. The summed E-state index contributed by atoms with van der Waals surface area (Å²) >= 11 is 5.82. The molecule has 1 aliphatic rings. The third-order valence-corrected chi connectivity index (χ3v) is 5.06. The van der Waals surface area contributed by atoms with E-state index in [4.69, 9.17) is 11.6 Å². The number of benzene rings is 2. The number of nitrogens with zero attached hydrogens (tertiary/aromatic N) is 2. The molecule has 1 unspecified atom stereocenters. The van der Waals surface area contributed by atoms with Crippen molar-refractivity contribution < 1.29 is 23.1 Å². The third kappa shape index (κ3) is 4.02. The summed E-state index contributed by atoms with van der Waals surface area (Å²) < 4.78 is 41.1. The fourth-order valence-electron chi connectivity index (χ4n) is 3.02. The van der Waals surface area contributed by atoms with E-state index in [9.17, 15) is 23.1 Å². The average Bonchev–Trinajstić information content (AvgIpc) is 3.00. The van der Waals surface area contributed by atoms with Gasteiger partial charge in [-0.05, 0) is 40.8 Å². The fourth-order valence-corrected chi connectivity index (χ4v) is 3.14. The van der Waals surface area contributed by atoms with Crippen LogP contribution in [0.25, 0.3) is 0 Å². The van der Waals surface area contributed by atoms with Crippen LogP contribution in [0.1, 0.15) is 48.7 Å². The first-order valence-electron chi connectivity index (χ1n) is 8.90. The van der Waals surface area contributed by atoms with Crippen molar-refractivity contribution in [3.05, 3.63) is 70.2 Å². The molecule has 0 aromatic heterocycles. The molecule has 3 rings (SSSR count). The Balaban J connectivity index is 2.00. The van der Waals surface area contributed by atoms with Crippen LogP contribution < -0.4 is 0 Å². The Labute approximate surface area is 171 Å². The molecule has 154 valence electrons. The van der Waals surface area contributed by atoms with Gasteiger partial charge in [0.25, 0.3) is 11.6 Å². The molecule has 2 aromatic rings. The van der Waals surface area contributed by atoms with Gasteiger partial charge in [0.2, 0.25) is 0 Å². The molecule has 1 heterocycles. The number of alkyl halides is 3. The van der Waals surface area contributed by atoms with Crippen LogP contribution in [0.3, 0.4) is 0 Å². The lowest BCUT2D eigenvalue weighted by atomic mass is 9.86. The normalized spacial score (nSPS) is 20.0. The van der Waals surface area contributed by atoms with E-state index >= 15 is 0 Å². The van der Waals surface area contributed by atoms with E-state index in [1.165, 1.54) is 36.4 Å². The molecule has 4 nitrogen and oxygen atoms in total. The van der Waals surface area contributed by atoms with Crippen LogP contribution in [0.2, 0.25) is 5.02 Å². The van der Waals surface area contributed by atoms with Gasteiger partial charge in [0, 0.05) is 10.6 Å². The van der Waals surface area contributed by atoms with Crippen LogP contribution in [0, 0.1) is 0 Å². The number of carbonyl (C=O) groups is 1. The van der Waals surface area contributed by atoms with Crippen molar-refractivity contribution in [2.45, 2.75) is 44.5 Å². The van der Waals surface area contributed by atoms with Gasteiger partial charge in [-0.1, -0.05) is 56.6 Å². The highest BCUT2D eigenvalue weighted by Gasteiger charge is 2.63. The second-order valence-corrected chi connectivity index (χ2v) is 8.43. The predicted octanol–water partition coefficient (Wildman–Crippen LogP) is 5.14. The van der Waals surface area contributed by atoms with Crippen molar-refractivity contribution in [3.63, 3.8) is 0 Å². The van der Waals surface area contributed by atoms with E-state index in [1.54, 1.807) is 12.1 Å². The maximum atomic E-state index is 13.7. The van der Waals surface area contributed by atoms with Crippen molar-refractivity contribution in [2.24, 2.45) is 5.10 Å². The number of amides is 1. The van der Waals surface area contributed by atoms with E-state index in [-0.39, 0.29) is 21.7 Å². The lowest BCUT2D eigenvalue weighted by molar-refractivity contribution is -0.297. The highest BCUT2D eigenvalue weighted by molar-refractivity contribution is 6.30. The summed E-state index contributed by atoms with van der Waals surface area (Å²) in [6.45, 7) is 5.94. The molecule has 1 amide bonds. The molecule has 0 radical (unpaired) electrons. The first-order chi connectivity index (χ1) is 13.3. The summed E-state index contributed by atoms with van der Waals surface area (Å²) in [6, 6.07) is 12.2. The van der Waals surface area contributed by atoms with Crippen LogP contribution in [0.4, 0.5) is 13.2 Å². The minimum atomic E-state index is -5.09. The van der Waals surface area contributed by atoms with Crippen molar-refractivity contribution in [1.82, 2.24) is 5.01 Å². The van der Waals surface area contributed by atoms with Crippen LogP contribution in [-0.4, -0.2) is 33.6 Å². The van der Waals surface area contributed by atoms with Crippen molar-refractivity contribution >= 4 is 23.2 Å². The van der Waals surface area contributed by atoms with Gasteiger partial charge >= 0.3 is 6.18 Å². The molecule has 0 bridgehead atoms. The second-order valence-electron chi connectivity index (χ2n) is 7.99. The SMILES string of the molecule is CC(C)(C)c1ccc(C(=O)N2N=C(c3ccc(Cl)cc3)CC2(O)C(F)(F)F)cc1. The Hall–Kier alpha value is -2.38. The number of hydrazone groups is 1. The number of aliphatic hydroxyl groups is 1.